The second-order valence-corrected chi connectivity index (χ2v) is 4.85. The molecule has 0 radical (unpaired) electrons. The Bertz CT molecular complexity index is 174. The molecule has 0 rings (SSSR count). The van der Waals surface area contributed by atoms with Crippen molar-refractivity contribution >= 4 is 32.4 Å². The van der Waals surface area contributed by atoms with Gasteiger partial charge < -0.3 is 0 Å². The summed E-state index contributed by atoms with van der Waals surface area (Å²) >= 11 is 1.53. The molecule has 0 heterocycles. The fourth-order valence-corrected chi connectivity index (χ4v) is 3.02. The molecular weight excluding hydrogens is 388 g/mol. The third-order valence-electron chi connectivity index (χ3n) is 1.16. The topological polar surface area (TPSA) is 66.4 Å². The molecule has 0 bridgehead atoms. The summed E-state index contributed by atoms with van der Waals surface area (Å²) in [6.07, 6.45) is 0.445. The summed E-state index contributed by atoms with van der Waals surface area (Å²) in [6, 6.07) is -0.264. The summed E-state index contributed by atoms with van der Waals surface area (Å²) in [5, 5.41) is 8.38. The summed E-state index contributed by atoms with van der Waals surface area (Å²) < 4.78 is 3.02. The van der Waals surface area contributed by atoms with Gasteiger partial charge in [-0.1, -0.05) is 0 Å². The number of aliphatic carboxylic acids is 1. The molecule has 0 aromatic heterocycles. The summed E-state index contributed by atoms with van der Waals surface area (Å²) in [5.41, 5.74) is 0. The van der Waals surface area contributed by atoms with Gasteiger partial charge >= 0.3 is 95.9 Å². The Kier molecular flexibility index (Phi) is 7.34. The van der Waals surface area contributed by atoms with Crippen molar-refractivity contribution in [2.45, 2.75) is 18.9 Å². The minimum absolute atomic E-state index is 0.00426. The molecule has 6 heteroatoms. The monoisotopic (exact) mass is 398 g/mol. The van der Waals surface area contributed by atoms with Gasteiger partial charge in [-0.15, -0.1) is 0 Å². The maximum absolute atomic E-state index is 10.9. The zero-order chi connectivity index (χ0) is 9.56. The molecular formula is C6H10I2NO3-. The Balaban J connectivity index is 3.79. The summed E-state index contributed by atoms with van der Waals surface area (Å²) in [6.45, 7) is 0. The second-order valence-electron chi connectivity index (χ2n) is 2.09. The molecule has 4 nitrogen and oxygen atoms in total. The third-order valence-corrected chi connectivity index (χ3v) is 3.29. The van der Waals surface area contributed by atoms with Crippen LogP contribution < -0.4 is 25.0 Å². The van der Waals surface area contributed by atoms with Gasteiger partial charge in [-0.05, 0) is 0 Å². The van der Waals surface area contributed by atoms with Crippen LogP contribution in [0.3, 0.4) is 0 Å². The van der Waals surface area contributed by atoms with Gasteiger partial charge in [0.25, 0.3) is 0 Å². The van der Waals surface area contributed by atoms with E-state index in [9.17, 15) is 9.59 Å². The molecule has 0 aliphatic heterocycles. The van der Waals surface area contributed by atoms with Crippen LogP contribution in [0.1, 0.15) is 12.8 Å². The van der Waals surface area contributed by atoms with Gasteiger partial charge in [-0.3, -0.25) is 0 Å². The van der Waals surface area contributed by atoms with Crippen molar-refractivity contribution < 1.29 is 36.2 Å². The van der Waals surface area contributed by atoms with Crippen LogP contribution in [0.25, 0.3) is 0 Å². The number of hydrogen-bond acceptors (Lipinski definition) is 3. The van der Waals surface area contributed by atoms with E-state index < -0.39 is 5.97 Å². The van der Waals surface area contributed by atoms with Gasteiger partial charge in [-0.2, -0.15) is 0 Å². The van der Waals surface area contributed by atoms with Crippen LogP contribution in [0.15, 0.2) is 0 Å². The zero-order valence-electron chi connectivity index (χ0n) is 6.51. The average Bonchev–Trinajstić information content (AvgIpc) is 1.96. The molecule has 0 saturated carbocycles. The minimum atomic E-state index is -0.853. The Morgan fingerprint density at radius 3 is 2.58 bits per heavy atom. The maximum atomic E-state index is 10.9. The standard InChI is InChI=1S/C6H10I2NO3/c1-8-9-4(6(7)12)2-3-5(10)11/h4,9H,2-3H2,1H3,(H,10,11)/q-1. The molecule has 1 unspecified atom stereocenters. The Hall–Kier alpha value is 0.560. The van der Waals surface area contributed by atoms with Crippen molar-refractivity contribution in [3.63, 3.8) is 0 Å². The van der Waals surface area contributed by atoms with E-state index in [0.717, 1.165) is 0 Å². The van der Waals surface area contributed by atoms with Crippen LogP contribution in [0, 0.1) is 0 Å². The number of carboxylic acids is 1. The van der Waals surface area contributed by atoms with Crippen molar-refractivity contribution in [1.82, 2.24) is 3.53 Å². The molecule has 0 spiro atoms. The first-order valence-corrected chi connectivity index (χ1v) is 7.54. The van der Waals surface area contributed by atoms with Crippen LogP contribution in [0.5, 0.6) is 0 Å². The van der Waals surface area contributed by atoms with Crippen LogP contribution in [0.4, 0.5) is 0 Å². The van der Waals surface area contributed by atoms with Crippen molar-refractivity contribution in [2.75, 3.05) is 4.93 Å². The Morgan fingerprint density at radius 1 is 1.67 bits per heavy atom. The van der Waals surface area contributed by atoms with Crippen molar-refractivity contribution in [3.8, 4) is 0 Å². The molecule has 0 aliphatic carbocycles. The van der Waals surface area contributed by atoms with E-state index >= 15 is 0 Å². The second kappa shape index (κ2) is 7.01. The molecule has 0 amide bonds. The molecule has 0 fully saturated rings. The number of carboxylic acid groups (broad SMARTS) is 1. The van der Waals surface area contributed by atoms with E-state index in [1.165, 1.54) is 0 Å². The van der Waals surface area contributed by atoms with Gasteiger partial charge in [0.15, 0.2) is 0 Å². The van der Waals surface area contributed by atoms with E-state index in [1.54, 1.807) is 22.6 Å². The first-order valence-electron chi connectivity index (χ1n) is 3.23. The number of hydrogen-bond donors (Lipinski definition) is 2. The summed E-state index contributed by atoms with van der Waals surface area (Å²) in [5.74, 6) is -0.853. The number of carbonyl (C=O) groups is 2. The van der Waals surface area contributed by atoms with Crippen molar-refractivity contribution in [2.24, 2.45) is 0 Å². The quantitative estimate of drug-likeness (QED) is 0.223. The van der Waals surface area contributed by atoms with Crippen LogP contribution in [-0.2, 0) is 9.59 Å². The average molecular weight is 398 g/mol. The molecule has 1 atom stereocenters. The van der Waals surface area contributed by atoms with Gasteiger partial charge in [0.05, 0.1) is 0 Å². The van der Waals surface area contributed by atoms with Gasteiger partial charge in [-0.25, -0.2) is 0 Å². The van der Waals surface area contributed by atoms with E-state index in [4.69, 9.17) is 5.11 Å². The third kappa shape index (κ3) is 6.12. The molecule has 12 heavy (non-hydrogen) atoms. The predicted octanol–water partition coefficient (Wildman–Crippen LogP) is -2.60. The van der Waals surface area contributed by atoms with E-state index in [0.29, 0.717) is 6.42 Å². The van der Waals surface area contributed by atoms with Gasteiger partial charge in [0, 0.05) is 0 Å². The molecule has 2 N–H and O–H groups in total. The van der Waals surface area contributed by atoms with Crippen molar-refractivity contribution in [3.05, 3.63) is 0 Å². The Morgan fingerprint density at radius 2 is 2.25 bits per heavy atom. The number of halogens is 2. The van der Waals surface area contributed by atoms with E-state index in [1.807, 2.05) is 4.93 Å². The Labute approximate surface area is 95.2 Å². The van der Waals surface area contributed by atoms with Crippen LogP contribution in [0.2, 0.25) is 0 Å². The molecule has 0 saturated heterocycles. The fourth-order valence-electron chi connectivity index (χ4n) is 0.610. The number of alkyl halides is 1. The molecule has 0 aliphatic rings. The normalized spacial score (nSPS) is 12.8. The molecule has 72 valence electrons. The summed E-state index contributed by atoms with van der Waals surface area (Å²) in [4.78, 5) is 23.1. The first-order chi connectivity index (χ1) is 5.57. The number of carbonyl (C=O) groups excluding carboxylic acids is 1. The van der Waals surface area contributed by atoms with Gasteiger partial charge in [0.2, 0.25) is 0 Å². The predicted molar refractivity (Wildman–Crippen MR) is 48.7 cm³/mol. The summed E-state index contributed by atoms with van der Waals surface area (Å²) in [7, 11) is 0. The van der Waals surface area contributed by atoms with Crippen LogP contribution >= 0.6 is 22.6 Å². The van der Waals surface area contributed by atoms with Crippen LogP contribution in [-0.4, -0.2) is 25.8 Å². The molecule has 0 aromatic rings. The van der Waals surface area contributed by atoms with Gasteiger partial charge in [0.1, 0.15) is 0 Å². The fraction of sp³-hybridized carbons (Fsp3) is 0.667. The number of nitrogens with one attached hydrogen (secondary N) is 1. The van der Waals surface area contributed by atoms with Crippen molar-refractivity contribution in [1.29, 1.82) is 0 Å². The van der Waals surface area contributed by atoms with E-state index in [-0.39, 0.29) is 37.7 Å². The zero-order valence-corrected chi connectivity index (χ0v) is 10.8. The first kappa shape index (κ1) is 12.6. The number of rotatable bonds is 6. The SMILES string of the molecule is C[I-]NC(CCC(=O)O)C(=O)I. The molecule has 0 aromatic carbocycles. The van der Waals surface area contributed by atoms with E-state index in [2.05, 4.69) is 3.53 Å².